The molecular weight excluding hydrogens is 228 g/mol. The fraction of sp³-hybridized carbons (Fsp3) is 0.929. The highest BCUT2D eigenvalue weighted by Crippen LogP contribution is 2.14. The van der Waals surface area contributed by atoms with Gasteiger partial charge in [0, 0.05) is 6.61 Å². The van der Waals surface area contributed by atoms with E-state index < -0.39 is 5.54 Å². The van der Waals surface area contributed by atoms with Crippen LogP contribution in [0.4, 0.5) is 0 Å². The number of hydrogen-bond donors (Lipinski definition) is 2. The van der Waals surface area contributed by atoms with E-state index in [1.165, 1.54) is 0 Å². The van der Waals surface area contributed by atoms with Gasteiger partial charge in [-0.1, -0.05) is 20.3 Å². The zero-order valence-electron chi connectivity index (χ0n) is 12.4. The van der Waals surface area contributed by atoms with Gasteiger partial charge in [0.05, 0.1) is 11.6 Å². The van der Waals surface area contributed by atoms with Crippen molar-refractivity contribution in [2.45, 2.75) is 71.4 Å². The maximum Gasteiger partial charge on any atom is 0.237 e. The molecule has 108 valence electrons. The molecule has 4 heteroatoms. The third-order valence-corrected chi connectivity index (χ3v) is 3.28. The zero-order chi connectivity index (χ0) is 14.0. The summed E-state index contributed by atoms with van der Waals surface area (Å²) in [6.07, 6.45) is 5.29. The highest BCUT2D eigenvalue weighted by Gasteiger charge is 2.28. The summed E-state index contributed by atoms with van der Waals surface area (Å²) < 4.78 is 5.68. The van der Waals surface area contributed by atoms with E-state index in [-0.39, 0.29) is 5.91 Å². The van der Waals surface area contributed by atoms with Crippen molar-refractivity contribution < 1.29 is 9.53 Å². The van der Waals surface area contributed by atoms with Crippen LogP contribution in [0.15, 0.2) is 0 Å². The molecule has 0 aliphatic rings. The van der Waals surface area contributed by atoms with Crippen LogP contribution < -0.4 is 11.1 Å². The summed E-state index contributed by atoms with van der Waals surface area (Å²) in [7, 11) is 0. The number of ether oxygens (including phenoxy) is 1. The van der Waals surface area contributed by atoms with Crippen LogP contribution in [0.25, 0.3) is 0 Å². The number of likely N-dealkylation sites (N-methyl/N-ethyl adjacent to an activating group) is 1. The lowest BCUT2D eigenvalue weighted by atomic mass is 9.94. The number of nitrogens with one attached hydrogen (secondary N) is 1. The molecule has 0 aromatic heterocycles. The zero-order valence-corrected chi connectivity index (χ0v) is 12.4. The van der Waals surface area contributed by atoms with Gasteiger partial charge in [-0.05, 0) is 46.1 Å². The average Bonchev–Trinajstić information content (AvgIpc) is 2.29. The number of primary amides is 1. The van der Waals surface area contributed by atoms with Crippen LogP contribution in [0.1, 0.15) is 59.8 Å². The summed E-state index contributed by atoms with van der Waals surface area (Å²) in [5.74, 6) is -0.274. The molecule has 2 unspecified atom stereocenters. The Morgan fingerprint density at radius 1 is 1.39 bits per heavy atom. The molecule has 0 saturated carbocycles. The first kappa shape index (κ1) is 17.4. The van der Waals surface area contributed by atoms with Gasteiger partial charge in [0.2, 0.25) is 5.91 Å². The lowest BCUT2D eigenvalue weighted by molar-refractivity contribution is -0.124. The second kappa shape index (κ2) is 9.34. The molecule has 0 rings (SSSR count). The molecule has 0 fully saturated rings. The normalized spacial score (nSPS) is 16.2. The Labute approximate surface area is 112 Å². The third kappa shape index (κ3) is 6.97. The van der Waals surface area contributed by atoms with Crippen LogP contribution in [0.2, 0.25) is 0 Å². The molecule has 0 bridgehead atoms. The second-order valence-electron chi connectivity index (χ2n) is 5.15. The maximum absolute atomic E-state index is 11.4. The Balaban J connectivity index is 3.77. The van der Waals surface area contributed by atoms with Crippen LogP contribution in [0, 0.1) is 0 Å². The number of carbonyl (C=O) groups excluding carboxylic acids is 1. The van der Waals surface area contributed by atoms with E-state index in [9.17, 15) is 4.79 Å². The lowest BCUT2D eigenvalue weighted by Crippen LogP contribution is -2.52. The Kier molecular flexibility index (Phi) is 9.02. The van der Waals surface area contributed by atoms with E-state index in [1.54, 1.807) is 0 Å². The molecule has 4 nitrogen and oxygen atoms in total. The Morgan fingerprint density at radius 3 is 2.56 bits per heavy atom. The summed E-state index contributed by atoms with van der Waals surface area (Å²) in [6, 6.07) is 0. The summed E-state index contributed by atoms with van der Waals surface area (Å²) >= 11 is 0. The quantitative estimate of drug-likeness (QED) is 0.558. The topological polar surface area (TPSA) is 64.3 Å². The molecule has 18 heavy (non-hydrogen) atoms. The predicted octanol–water partition coefficient (Wildman–Crippen LogP) is 2.22. The molecule has 0 aliphatic heterocycles. The van der Waals surface area contributed by atoms with Crippen LogP contribution in [-0.2, 0) is 9.53 Å². The van der Waals surface area contributed by atoms with Crippen LogP contribution >= 0.6 is 0 Å². The van der Waals surface area contributed by atoms with Crippen molar-refractivity contribution in [3.8, 4) is 0 Å². The van der Waals surface area contributed by atoms with Gasteiger partial charge in [0.15, 0.2) is 0 Å². The molecule has 2 atom stereocenters. The Morgan fingerprint density at radius 2 is 2.06 bits per heavy atom. The maximum atomic E-state index is 11.4. The number of rotatable bonds is 11. The molecule has 0 aromatic rings. The van der Waals surface area contributed by atoms with Gasteiger partial charge in [-0.25, -0.2) is 0 Å². The van der Waals surface area contributed by atoms with Gasteiger partial charge < -0.3 is 15.8 Å². The van der Waals surface area contributed by atoms with Crippen molar-refractivity contribution in [2.24, 2.45) is 5.73 Å². The molecular formula is C14H30N2O2. The van der Waals surface area contributed by atoms with E-state index in [0.29, 0.717) is 6.10 Å². The SMILES string of the molecule is CCCC(C)OCCCCC(C)(NCC)C(N)=O. The molecule has 0 aromatic carbocycles. The first-order valence-electron chi connectivity index (χ1n) is 7.12. The fourth-order valence-corrected chi connectivity index (χ4v) is 2.04. The van der Waals surface area contributed by atoms with Crippen molar-refractivity contribution in [3.63, 3.8) is 0 Å². The molecule has 1 amide bonds. The number of nitrogens with two attached hydrogens (primary N) is 1. The van der Waals surface area contributed by atoms with Crippen LogP contribution in [-0.4, -0.2) is 30.7 Å². The minimum absolute atomic E-state index is 0.274. The second-order valence-corrected chi connectivity index (χ2v) is 5.15. The standard InChI is InChI=1S/C14H30N2O2/c1-5-9-12(3)18-11-8-7-10-14(4,13(15)17)16-6-2/h12,16H,5-11H2,1-4H3,(H2,15,17). The highest BCUT2D eigenvalue weighted by atomic mass is 16.5. The summed E-state index contributed by atoms with van der Waals surface area (Å²) in [6.45, 7) is 9.64. The van der Waals surface area contributed by atoms with Gasteiger partial charge in [0.1, 0.15) is 0 Å². The number of hydrogen-bond acceptors (Lipinski definition) is 3. The van der Waals surface area contributed by atoms with E-state index >= 15 is 0 Å². The van der Waals surface area contributed by atoms with Crippen molar-refractivity contribution in [2.75, 3.05) is 13.2 Å². The van der Waals surface area contributed by atoms with E-state index in [0.717, 1.165) is 45.3 Å². The number of amides is 1. The predicted molar refractivity (Wildman–Crippen MR) is 75.4 cm³/mol. The van der Waals surface area contributed by atoms with Crippen molar-refractivity contribution in [1.29, 1.82) is 0 Å². The molecule has 0 aliphatic carbocycles. The summed E-state index contributed by atoms with van der Waals surface area (Å²) in [5.41, 5.74) is 4.85. The smallest absolute Gasteiger partial charge is 0.237 e. The fourth-order valence-electron chi connectivity index (χ4n) is 2.04. The van der Waals surface area contributed by atoms with E-state index in [2.05, 4.69) is 19.2 Å². The minimum Gasteiger partial charge on any atom is -0.379 e. The van der Waals surface area contributed by atoms with Crippen molar-refractivity contribution >= 4 is 5.91 Å². The monoisotopic (exact) mass is 258 g/mol. The van der Waals surface area contributed by atoms with E-state index in [4.69, 9.17) is 10.5 Å². The van der Waals surface area contributed by atoms with Crippen molar-refractivity contribution in [3.05, 3.63) is 0 Å². The van der Waals surface area contributed by atoms with Crippen LogP contribution in [0.3, 0.4) is 0 Å². The van der Waals surface area contributed by atoms with Gasteiger partial charge in [0.25, 0.3) is 0 Å². The molecule has 0 saturated heterocycles. The summed E-state index contributed by atoms with van der Waals surface area (Å²) in [5, 5.41) is 3.16. The Bertz CT molecular complexity index is 234. The average molecular weight is 258 g/mol. The molecule has 0 spiro atoms. The van der Waals surface area contributed by atoms with E-state index in [1.807, 2.05) is 13.8 Å². The van der Waals surface area contributed by atoms with Gasteiger partial charge in [-0.15, -0.1) is 0 Å². The van der Waals surface area contributed by atoms with Crippen molar-refractivity contribution in [1.82, 2.24) is 5.32 Å². The number of carbonyl (C=O) groups is 1. The molecule has 0 heterocycles. The van der Waals surface area contributed by atoms with Gasteiger partial charge in [-0.3, -0.25) is 4.79 Å². The van der Waals surface area contributed by atoms with Gasteiger partial charge in [-0.2, -0.15) is 0 Å². The first-order valence-corrected chi connectivity index (χ1v) is 7.12. The third-order valence-electron chi connectivity index (χ3n) is 3.28. The minimum atomic E-state index is -0.580. The lowest BCUT2D eigenvalue weighted by Gasteiger charge is -2.27. The van der Waals surface area contributed by atoms with Gasteiger partial charge >= 0.3 is 0 Å². The number of unbranched alkanes of at least 4 members (excludes halogenated alkanes) is 1. The highest BCUT2D eigenvalue weighted by molar-refractivity contribution is 5.84. The first-order chi connectivity index (χ1) is 8.46. The molecule has 0 radical (unpaired) electrons. The Hall–Kier alpha value is -0.610. The summed E-state index contributed by atoms with van der Waals surface area (Å²) in [4.78, 5) is 11.4. The molecule has 3 N–H and O–H groups in total. The van der Waals surface area contributed by atoms with Crippen LogP contribution in [0.5, 0.6) is 0 Å². The largest absolute Gasteiger partial charge is 0.379 e.